The summed E-state index contributed by atoms with van der Waals surface area (Å²) < 4.78 is 11.3. The van der Waals surface area contributed by atoms with E-state index in [2.05, 4.69) is 4.98 Å². The van der Waals surface area contributed by atoms with Gasteiger partial charge in [-0.1, -0.05) is 6.07 Å². The van der Waals surface area contributed by atoms with Gasteiger partial charge in [-0.2, -0.15) is 0 Å². The summed E-state index contributed by atoms with van der Waals surface area (Å²) in [6.45, 7) is 0.0993. The van der Waals surface area contributed by atoms with Crippen molar-refractivity contribution in [2.24, 2.45) is 0 Å². The van der Waals surface area contributed by atoms with Gasteiger partial charge in [0.05, 0.1) is 20.8 Å². The third kappa shape index (κ3) is 2.35. The lowest BCUT2D eigenvalue weighted by Crippen LogP contribution is -2.17. The van der Waals surface area contributed by atoms with E-state index in [1.54, 1.807) is 18.2 Å². The van der Waals surface area contributed by atoms with Crippen LogP contribution in [-0.4, -0.2) is 34.0 Å². The summed E-state index contributed by atoms with van der Waals surface area (Å²) in [5.41, 5.74) is 0.124. The summed E-state index contributed by atoms with van der Waals surface area (Å²) in [5, 5.41) is 18.7. The van der Waals surface area contributed by atoms with Gasteiger partial charge in [0.2, 0.25) is 0 Å². The number of methoxy groups -OCH3 is 2. The number of aromatic amines is 1. The highest BCUT2D eigenvalue weighted by molar-refractivity contribution is 5.43. The fourth-order valence-corrected chi connectivity index (χ4v) is 1.76. The van der Waals surface area contributed by atoms with Crippen LogP contribution in [0.25, 0.3) is 0 Å². The molecule has 0 aliphatic heterocycles. The monoisotopic (exact) mass is 266 g/mol. The fourth-order valence-electron chi connectivity index (χ4n) is 1.76. The number of nitrogens with one attached hydrogen (secondary N) is 1. The largest absolute Gasteiger partial charge is 0.493 e. The number of benzene rings is 1. The van der Waals surface area contributed by atoms with Gasteiger partial charge in [0.1, 0.15) is 0 Å². The van der Waals surface area contributed by atoms with Gasteiger partial charge in [0, 0.05) is 0 Å². The van der Waals surface area contributed by atoms with E-state index in [0.717, 1.165) is 4.57 Å². The van der Waals surface area contributed by atoms with Crippen molar-refractivity contribution in [3.05, 3.63) is 34.2 Å². The van der Waals surface area contributed by atoms with Crippen molar-refractivity contribution in [1.29, 1.82) is 0 Å². The Balaban J connectivity index is 2.36. The third-order valence-corrected chi connectivity index (χ3v) is 2.73. The second kappa shape index (κ2) is 4.97. The maximum absolute atomic E-state index is 11.5. The SMILES string of the molecule is COc1ccc(Cn2c(O)c(O)[nH]c2=O)cc1OC. The van der Waals surface area contributed by atoms with Crippen LogP contribution in [0, 0.1) is 0 Å². The molecule has 19 heavy (non-hydrogen) atoms. The number of nitrogens with zero attached hydrogens (tertiary/aromatic N) is 1. The molecule has 0 fully saturated rings. The van der Waals surface area contributed by atoms with Crippen LogP contribution in [0.4, 0.5) is 0 Å². The molecule has 0 atom stereocenters. The van der Waals surface area contributed by atoms with Gasteiger partial charge < -0.3 is 19.7 Å². The van der Waals surface area contributed by atoms with E-state index in [9.17, 15) is 15.0 Å². The van der Waals surface area contributed by atoms with Gasteiger partial charge in [-0.15, -0.1) is 0 Å². The quantitative estimate of drug-likeness (QED) is 0.755. The maximum atomic E-state index is 11.5. The fraction of sp³-hybridized carbons (Fsp3) is 0.250. The summed E-state index contributed by atoms with van der Waals surface area (Å²) in [7, 11) is 3.03. The Hall–Kier alpha value is -2.57. The van der Waals surface area contributed by atoms with Crippen molar-refractivity contribution in [2.75, 3.05) is 14.2 Å². The zero-order chi connectivity index (χ0) is 14.0. The minimum Gasteiger partial charge on any atom is -0.493 e. The Kier molecular flexibility index (Phi) is 3.37. The summed E-state index contributed by atoms with van der Waals surface area (Å²) >= 11 is 0. The molecule has 0 saturated heterocycles. The van der Waals surface area contributed by atoms with Crippen LogP contribution in [0.3, 0.4) is 0 Å². The van der Waals surface area contributed by atoms with Crippen molar-refractivity contribution >= 4 is 0 Å². The van der Waals surface area contributed by atoms with E-state index < -0.39 is 17.4 Å². The van der Waals surface area contributed by atoms with Crippen molar-refractivity contribution in [1.82, 2.24) is 9.55 Å². The zero-order valence-corrected chi connectivity index (χ0v) is 10.5. The molecular formula is C12H14N2O5. The summed E-state index contributed by atoms with van der Waals surface area (Å²) in [6.07, 6.45) is 0. The lowest BCUT2D eigenvalue weighted by molar-refractivity contribution is 0.353. The predicted octanol–water partition coefficient (Wildman–Crippen LogP) is 0.653. The smallest absolute Gasteiger partial charge is 0.331 e. The molecule has 102 valence electrons. The molecule has 7 nitrogen and oxygen atoms in total. The van der Waals surface area contributed by atoms with Crippen LogP contribution in [0.2, 0.25) is 0 Å². The number of rotatable bonds is 4. The Morgan fingerprint density at radius 2 is 1.89 bits per heavy atom. The Labute approximate surface area is 108 Å². The highest BCUT2D eigenvalue weighted by Crippen LogP contribution is 2.28. The Bertz CT molecular complexity index is 644. The number of hydrogen-bond donors (Lipinski definition) is 3. The molecule has 3 N–H and O–H groups in total. The number of imidazole rings is 1. The minimum absolute atomic E-state index is 0.0993. The Morgan fingerprint density at radius 1 is 1.21 bits per heavy atom. The van der Waals surface area contributed by atoms with Crippen molar-refractivity contribution in [3.63, 3.8) is 0 Å². The summed E-state index contributed by atoms with van der Waals surface area (Å²) in [5.74, 6) is 0.0392. The molecule has 0 spiro atoms. The standard InChI is InChI=1S/C12H14N2O5/c1-18-8-4-3-7(5-9(8)19-2)6-14-11(16)10(15)13-12(14)17/h3-5,15-16H,6H2,1-2H3,(H,13,17). The van der Waals surface area contributed by atoms with E-state index in [0.29, 0.717) is 17.1 Å². The van der Waals surface area contributed by atoms with Crippen LogP contribution >= 0.6 is 0 Å². The summed E-state index contributed by atoms with van der Waals surface area (Å²) in [4.78, 5) is 13.6. The Morgan fingerprint density at radius 3 is 2.42 bits per heavy atom. The first kappa shape index (κ1) is 12.9. The number of aromatic hydroxyl groups is 2. The lowest BCUT2D eigenvalue weighted by Gasteiger charge is -2.09. The van der Waals surface area contributed by atoms with Gasteiger partial charge >= 0.3 is 5.69 Å². The summed E-state index contributed by atoms with van der Waals surface area (Å²) in [6, 6.07) is 5.12. The number of aromatic nitrogens is 2. The molecule has 2 aromatic rings. The molecule has 7 heteroatoms. The molecule has 0 saturated carbocycles. The second-order valence-corrected chi connectivity index (χ2v) is 3.88. The maximum Gasteiger partial charge on any atom is 0.331 e. The van der Waals surface area contributed by atoms with Gasteiger partial charge in [-0.05, 0) is 17.7 Å². The first-order valence-corrected chi connectivity index (χ1v) is 5.48. The van der Waals surface area contributed by atoms with E-state index in [1.807, 2.05) is 0 Å². The third-order valence-electron chi connectivity index (χ3n) is 2.73. The highest BCUT2D eigenvalue weighted by Gasteiger charge is 2.13. The topological polar surface area (TPSA) is 96.7 Å². The van der Waals surface area contributed by atoms with Crippen molar-refractivity contribution in [3.8, 4) is 23.3 Å². The zero-order valence-electron chi connectivity index (χ0n) is 10.5. The van der Waals surface area contributed by atoms with Crippen molar-refractivity contribution < 1.29 is 19.7 Å². The lowest BCUT2D eigenvalue weighted by atomic mass is 10.2. The highest BCUT2D eigenvalue weighted by atomic mass is 16.5. The molecule has 1 aromatic heterocycles. The molecule has 1 aromatic carbocycles. The molecule has 0 radical (unpaired) electrons. The van der Waals surface area contributed by atoms with E-state index in [1.165, 1.54) is 14.2 Å². The van der Waals surface area contributed by atoms with Crippen LogP contribution in [0.1, 0.15) is 5.56 Å². The van der Waals surface area contributed by atoms with Crippen LogP contribution in [-0.2, 0) is 6.54 Å². The van der Waals surface area contributed by atoms with E-state index in [-0.39, 0.29) is 6.54 Å². The van der Waals surface area contributed by atoms with Gasteiger partial charge in [-0.3, -0.25) is 9.55 Å². The van der Waals surface area contributed by atoms with Gasteiger partial charge in [-0.25, -0.2) is 4.79 Å². The molecule has 0 bridgehead atoms. The molecule has 0 unspecified atom stereocenters. The first-order valence-electron chi connectivity index (χ1n) is 5.48. The number of hydrogen-bond acceptors (Lipinski definition) is 5. The average molecular weight is 266 g/mol. The molecule has 0 aliphatic carbocycles. The normalized spacial score (nSPS) is 10.4. The van der Waals surface area contributed by atoms with Crippen LogP contribution in [0.5, 0.6) is 23.3 Å². The molecule has 1 heterocycles. The van der Waals surface area contributed by atoms with Crippen LogP contribution < -0.4 is 15.2 Å². The molecule has 0 amide bonds. The second-order valence-electron chi connectivity index (χ2n) is 3.88. The minimum atomic E-state index is -0.593. The average Bonchev–Trinajstić information content (AvgIpc) is 2.65. The molecular weight excluding hydrogens is 252 g/mol. The number of H-pyrrole nitrogens is 1. The van der Waals surface area contributed by atoms with Crippen LogP contribution in [0.15, 0.2) is 23.0 Å². The molecule has 0 aliphatic rings. The number of ether oxygens (including phenoxy) is 2. The van der Waals surface area contributed by atoms with Gasteiger partial charge in [0.15, 0.2) is 11.5 Å². The first-order chi connectivity index (χ1) is 9.06. The van der Waals surface area contributed by atoms with Gasteiger partial charge in [0.25, 0.3) is 11.8 Å². The molecule has 2 rings (SSSR count). The van der Waals surface area contributed by atoms with E-state index in [4.69, 9.17) is 9.47 Å². The van der Waals surface area contributed by atoms with Crippen molar-refractivity contribution in [2.45, 2.75) is 6.54 Å². The predicted molar refractivity (Wildman–Crippen MR) is 67.0 cm³/mol. The van der Waals surface area contributed by atoms with E-state index >= 15 is 0 Å².